The molecular weight excluding hydrogens is 276 g/mol. The number of rotatable bonds is 9. The monoisotopic (exact) mass is 298 g/mol. The first kappa shape index (κ1) is 17.0. The van der Waals surface area contributed by atoms with Gasteiger partial charge in [0.2, 0.25) is 0 Å². The van der Waals surface area contributed by atoms with Crippen LogP contribution in [0.2, 0.25) is 0 Å². The van der Waals surface area contributed by atoms with Gasteiger partial charge in [-0.25, -0.2) is 0 Å². The SMILES string of the molecule is COc1cc(NCCOCC(C)C)c([N+](=O)[O-])cc1OC. The van der Waals surface area contributed by atoms with Crippen LogP contribution in [-0.2, 0) is 4.74 Å². The molecular formula is C14H22N2O5. The number of ether oxygens (including phenoxy) is 3. The predicted molar refractivity (Wildman–Crippen MR) is 80.3 cm³/mol. The number of hydrogen-bond donors (Lipinski definition) is 1. The van der Waals surface area contributed by atoms with Crippen LogP contribution < -0.4 is 14.8 Å². The number of nitro groups is 1. The van der Waals surface area contributed by atoms with Crippen LogP contribution >= 0.6 is 0 Å². The molecule has 1 N–H and O–H groups in total. The Balaban J connectivity index is 2.77. The number of nitro benzene ring substituents is 1. The van der Waals surface area contributed by atoms with E-state index in [9.17, 15) is 10.1 Å². The van der Waals surface area contributed by atoms with Gasteiger partial charge >= 0.3 is 0 Å². The number of anilines is 1. The molecule has 0 amide bonds. The Kier molecular flexibility index (Phi) is 6.74. The third-order valence-electron chi connectivity index (χ3n) is 2.71. The summed E-state index contributed by atoms with van der Waals surface area (Å²) in [7, 11) is 2.92. The molecule has 0 saturated heterocycles. The van der Waals surface area contributed by atoms with Gasteiger partial charge in [-0.2, -0.15) is 0 Å². The van der Waals surface area contributed by atoms with Crippen LogP contribution in [0.15, 0.2) is 12.1 Å². The first-order chi connectivity index (χ1) is 9.99. The average molecular weight is 298 g/mol. The fraction of sp³-hybridized carbons (Fsp3) is 0.571. The summed E-state index contributed by atoms with van der Waals surface area (Å²) < 4.78 is 15.7. The van der Waals surface area contributed by atoms with E-state index in [1.807, 2.05) is 0 Å². The second-order valence-corrected chi connectivity index (χ2v) is 4.88. The van der Waals surface area contributed by atoms with E-state index in [0.717, 1.165) is 0 Å². The highest BCUT2D eigenvalue weighted by Gasteiger charge is 2.19. The standard InChI is InChI=1S/C14H22N2O5/c1-10(2)9-21-6-5-15-11-7-13(19-3)14(20-4)8-12(11)16(17)18/h7-8,10,15H,5-6,9H2,1-4H3. The predicted octanol–water partition coefficient (Wildman–Crippen LogP) is 2.70. The molecule has 0 aromatic heterocycles. The van der Waals surface area contributed by atoms with Crippen molar-refractivity contribution in [3.05, 3.63) is 22.2 Å². The molecule has 0 unspecified atom stereocenters. The largest absolute Gasteiger partial charge is 0.493 e. The van der Waals surface area contributed by atoms with Gasteiger partial charge in [0.1, 0.15) is 5.69 Å². The second-order valence-electron chi connectivity index (χ2n) is 4.88. The number of methoxy groups -OCH3 is 2. The highest BCUT2D eigenvalue weighted by atomic mass is 16.6. The lowest BCUT2D eigenvalue weighted by molar-refractivity contribution is -0.384. The molecule has 0 bridgehead atoms. The van der Waals surface area contributed by atoms with Crippen molar-refractivity contribution < 1.29 is 19.1 Å². The number of nitrogens with zero attached hydrogens (tertiary/aromatic N) is 1. The lowest BCUT2D eigenvalue weighted by Crippen LogP contribution is -2.13. The lowest BCUT2D eigenvalue weighted by Gasteiger charge is -2.12. The van der Waals surface area contributed by atoms with Crippen molar-refractivity contribution in [2.75, 3.05) is 39.3 Å². The van der Waals surface area contributed by atoms with Crippen molar-refractivity contribution in [3.63, 3.8) is 0 Å². The summed E-state index contributed by atoms with van der Waals surface area (Å²) in [6.07, 6.45) is 0. The third-order valence-corrected chi connectivity index (χ3v) is 2.71. The third kappa shape index (κ3) is 5.11. The fourth-order valence-corrected chi connectivity index (χ4v) is 1.74. The van der Waals surface area contributed by atoms with Crippen LogP contribution in [0.4, 0.5) is 11.4 Å². The van der Waals surface area contributed by atoms with Crippen molar-refractivity contribution in [1.29, 1.82) is 0 Å². The van der Waals surface area contributed by atoms with Gasteiger partial charge in [0.25, 0.3) is 5.69 Å². The molecule has 118 valence electrons. The molecule has 7 nitrogen and oxygen atoms in total. The summed E-state index contributed by atoms with van der Waals surface area (Å²) in [6, 6.07) is 2.90. The van der Waals surface area contributed by atoms with Gasteiger partial charge in [-0.1, -0.05) is 13.8 Å². The summed E-state index contributed by atoms with van der Waals surface area (Å²) in [5.74, 6) is 1.22. The zero-order valence-electron chi connectivity index (χ0n) is 12.8. The Morgan fingerprint density at radius 2 is 1.86 bits per heavy atom. The molecule has 0 aliphatic heterocycles. The Morgan fingerprint density at radius 3 is 2.38 bits per heavy atom. The Hall–Kier alpha value is -2.02. The van der Waals surface area contributed by atoms with Crippen LogP contribution in [0.1, 0.15) is 13.8 Å². The van der Waals surface area contributed by atoms with E-state index in [-0.39, 0.29) is 5.69 Å². The summed E-state index contributed by atoms with van der Waals surface area (Å²) in [5, 5.41) is 14.1. The maximum atomic E-state index is 11.1. The molecule has 7 heteroatoms. The van der Waals surface area contributed by atoms with E-state index < -0.39 is 4.92 Å². The molecule has 0 radical (unpaired) electrons. The Labute approximate surface area is 124 Å². The Morgan fingerprint density at radius 1 is 1.24 bits per heavy atom. The number of hydrogen-bond acceptors (Lipinski definition) is 6. The summed E-state index contributed by atoms with van der Waals surface area (Å²) >= 11 is 0. The molecule has 0 spiro atoms. The molecule has 1 rings (SSSR count). The summed E-state index contributed by atoms with van der Waals surface area (Å²) in [6.45, 7) is 5.74. The van der Waals surface area contributed by atoms with Gasteiger partial charge in [0, 0.05) is 19.2 Å². The minimum atomic E-state index is -0.459. The molecule has 0 atom stereocenters. The minimum Gasteiger partial charge on any atom is -0.493 e. The van der Waals surface area contributed by atoms with Crippen LogP contribution in [0.5, 0.6) is 11.5 Å². The van der Waals surface area contributed by atoms with Crippen molar-refractivity contribution in [3.8, 4) is 11.5 Å². The van der Waals surface area contributed by atoms with Crippen LogP contribution in [0.3, 0.4) is 0 Å². The zero-order valence-corrected chi connectivity index (χ0v) is 12.8. The number of benzene rings is 1. The molecule has 0 saturated carbocycles. The van der Waals surface area contributed by atoms with Gasteiger partial charge in [-0.3, -0.25) is 10.1 Å². The normalized spacial score (nSPS) is 10.5. The van der Waals surface area contributed by atoms with Gasteiger partial charge < -0.3 is 19.5 Å². The smallest absolute Gasteiger partial charge is 0.296 e. The van der Waals surface area contributed by atoms with Crippen molar-refractivity contribution in [2.24, 2.45) is 5.92 Å². The molecule has 0 aliphatic carbocycles. The molecule has 0 heterocycles. The first-order valence-corrected chi connectivity index (χ1v) is 6.71. The fourth-order valence-electron chi connectivity index (χ4n) is 1.74. The maximum Gasteiger partial charge on any atom is 0.296 e. The molecule has 1 aromatic rings. The molecule has 0 aliphatic rings. The highest BCUT2D eigenvalue weighted by molar-refractivity contribution is 5.68. The lowest BCUT2D eigenvalue weighted by atomic mass is 10.2. The van der Waals surface area contributed by atoms with Gasteiger partial charge in [0.05, 0.1) is 31.8 Å². The second kappa shape index (κ2) is 8.31. The topological polar surface area (TPSA) is 82.9 Å². The van der Waals surface area contributed by atoms with E-state index >= 15 is 0 Å². The van der Waals surface area contributed by atoms with Crippen molar-refractivity contribution >= 4 is 11.4 Å². The van der Waals surface area contributed by atoms with Gasteiger partial charge in [-0.05, 0) is 5.92 Å². The minimum absolute atomic E-state index is 0.0588. The maximum absolute atomic E-state index is 11.1. The van der Waals surface area contributed by atoms with Crippen LogP contribution in [0, 0.1) is 16.0 Å². The van der Waals surface area contributed by atoms with Crippen molar-refractivity contribution in [1.82, 2.24) is 0 Å². The van der Waals surface area contributed by atoms with Crippen molar-refractivity contribution in [2.45, 2.75) is 13.8 Å². The number of nitrogens with one attached hydrogen (secondary N) is 1. The highest BCUT2D eigenvalue weighted by Crippen LogP contribution is 2.37. The van der Waals surface area contributed by atoms with E-state index in [0.29, 0.717) is 42.9 Å². The van der Waals surface area contributed by atoms with E-state index in [1.54, 1.807) is 6.07 Å². The molecule has 1 aromatic carbocycles. The zero-order chi connectivity index (χ0) is 15.8. The summed E-state index contributed by atoms with van der Waals surface area (Å²) in [5.41, 5.74) is 0.322. The van der Waals surface area contributed by atoms with E-state index in [1.165, 1.54) is 20.3 Å². The van der Waals surface area contributed by atoms with Crippen LogP contribution in [0.25, 0.3) is 0 Å². The van der Waals surface area contributed by atoms with Gasteiger partial charge in [0.15, 0.2) is 11.5 Å². The van der Waals surface area contributed by atoms with Gasteiger partial charge in [-0.15, -0.1) is 0 Å². The van der Waals surface area contributed by atoms with E-state index in [2.05, 4.69) is 19.2 Å². The average Bonchev–Trinajstić information content (AvgIpc) is 2.45. The van der Waals surface area contributed by atoms with E-state index in [4.69, 9.17) is 14.2 Å². The first-order valence-electron chi connectivity index (χ1n) is 6.71. The Bertz CT molecular complexity index is 477. The molecule has 21 heavy (non-hydrogen) atoms. The summed E-state index contributed by atoms with van der Waals surface area (Å²) in [4.78, 5) is 10.6. The van der Waals surface area contributed by atoms with Crippen LogP contribution in [-0.4, -0.2) is 38.9 Å². The molecule has 0 fully saturated rings. The quantitative estimate of drug-likeness (QED) is 0.429.